The molecule has 2 aliphatic rings. The van der Waals surface area contributed by atoms with E-state index in [1.54, 1.807) is 24.3 Å². The lowest BCUT2D eigenvalue weighted by molar-refractivity contribution is -0.123. The largest absolute Gasteiger partial charge is 0.497 e. The van der Waals surface area contributed by atoms with Crippen LogP contribution in [0.15, 0.2) is 58.9 Å². The maximum Gasteiger partial charge on any atom is 0.263 e. The zero-order valence-electron chi connectivity index (χ0n) is 14.5. The second-order valence-electron chi connectivity index (χ2n) is 6.39. The molecule has 2 aromatic carbocycles. The van der Waals surface area contributed by atoms with E-state index in [9.17, 15) is 9.59 Å². The number of anilines is 1. The maximum atomic E-state index is 12.9. The third-order valence-corrected chi connectivity index (χ3v) is 4.65. The molecular formula is C19H18N4O3. The van der Waals surface area contributed by atoms with E-state index in [2.05, 4.69) is 10.3 Å². The number of benzene rings is 2. The minimum Gasteiger partial charge on any atom is -0.497 e. The zero-order chi connectivity index (χ0) is 18.3. The van der Waals surface area contributed by atoms with Gasteiger partial charge in [-0.1, -0.05) is 35.1 Å². The van der Waals surface area contributed by atoms with Gasteiger partial charge < -0.3 is 4.74 Å². The summed E-state index contributed by atoms with van der Waals surface area (Å²) in [6, 6.07) is 13.3. The van der Waals surface area contributed by atoms with Crippen LogP contribution in [0.25, 0.3) is 0 Å². The summed E-state index contributed by atoms with van der Waals surface area (Å²) >= 11 is 0. The molecule has 2 heterocycles. The van der Waals surface area contributed by atoms with Crippen molar-refractivity contribution in [3.05, 3.63) is 59.7 Å². The molecule has 2 atom stereocenters. The predicted octanol–water partition coefficient (Wildman–Crippen LogP) is 2.50. The molecule has 4 rings (SSSR count). The quantitative estimate of drug-likeness (QED) is 0.794. The van der Waals surface area contributed by atoms with Gasteiger partial charge in [0.25, 0.3) is 11.8 Å². The highest BCUT2D eigenvalue weighted by Crippen LogP contribution is 2.32. The van der Waals surface area contributed by atoms with Gasteiger partial charge in [0, 0.05) is 0 Å². The van der Waals surface area contributed by atoms with Crippen LogP contribution in [-0.4, -0.2) is 36.0 Å². The Labute approximate surface area is 150 Å². The van der Waals surface area contributed by atoms with Crippen LogP contribution in [0.4, 0.5) is 5.69 Å². The first-order chi connectivity index (χ1) is 12.6. The molecule has 2 amide bonds. The molecule has 1 fully saturated rings. The van der Waals surface area contributed by atoms with Gasteiger partial charge in [-0.2, -0.15) is 5.11 Å². The summed E-state index contributed by atoms with van der Waals surface area (Å²) in [7, 11) is 1.61. The number of carbonyl (C=O) groups excluding carboxylic acids is 2. The monoisotopic (exact) mass is 350 g/mol. The van der Waals surface area contributed by atoms with Gasteiger partial charge in [0.1, 0.15) is 5.75 Å². The molecular weight excluding hydrogens is 332 g/mol. The molecule has 2 aromatic rings. The fourth-order valence-electron chi connectivity index (χ4n) is 3.22. The Kier molecular flexibility index (Phi) is 3.91. The number of ether oxygens (including phenoxy) is 1. The highest BCUT2D eigenvalue weighted by atomic mass is 16.5. The van der Waals surface area contributed by atoms with Gasteiger partial charge >= 0.3 is 0 Å². The molecule has 132 valence electrons. The van der Waals surface area contributed by atoms with E-state index < -0.39 is 12.1 Å². The van der Waals surface area contributed by atoms with Crippen molar-refractivity contribution in [3.8, 4) is 5.75 Å². The van der Waals surface area contributed by atoms with Crippen molar-refractivity contribution in [2.24, 2.45) is 10.3 Å². The van der Waals surface area contributed by atoms with Crippen molar-refractivity contribution >= 4 is 17.5 Å². The van der Waals surface area contributed by atoms with Crippen LogP contribution in [0.1, 0.15) is 11.1 Å². The Balaban J connectivity index is 1.56. The molecule has 7 nitrogen and oxygen atoms in total. The molecule has 2 aliphatic heterocycles. The topological polar surface area (TPSA) is 74.6 Å². The molecule has 0 aromatic heterocycles. The lowest BCUT2D eigenvalue weighted by atomic mass is 10.1. The average molecular weight is 350 g/mol. The van der Waals surface area contributed by atoms with Gasteiger partial charge in [0.2, 0.25) is 0 Å². The number of aryl methyl sites for hydroxylation is 1. The van der Waals surface area contributed by atoms with Crippen molar-refractivity contribution in [3.63, 3.8) is 0 Å². The van der Waals surface area contributed by atoms with E-state index >= 15 is 0 Å². The fourth-order valence-corrected chi connectivity index (χ4v) is 3.22. The number of amides is 2. The molecule has 0 unspecified atom stereocenters. The van der Waals surface area contributed by atoms with Crippen molar-refractivity contribution in [1.29, 1.82) is 0 Å². The molecule has 1 saturated heterocycles. The molecule has 0 N–H and O–H groups in total. The van der Waals surface area contributed by atoms with Gasteiger partial charge in [0.15, 0.2) is 12.1 Å². The van der Waals surface area contributed by atoms with E-state index in [1.807, 2.05) is 43.3 Å². The molecule has 0 spiro atoms. The SMILES string of the molecule is COc1ccc(CN2N=N[C@H]3C(=O)N(c4ccc(C)cc4)C(=O)[C@H]32)cc1. The van der Waals surface area contributed by atoms with Gasteiger partial charge in [0.05, 0.1) is 19.3 Å². The van der Waals surface area contributed by atoms with Gasteiger partial charge in [-0.3, -0.25) is 14.6 Å². The minimum absolute atomic E-state index is 0.289. The minimum atomic E-state index is -0.776. The van der Waals surface area contributed by atoms with E-state index in [-0.39, 0.29) is 11.8 Å². The zero-order valence-corrected chi connectivity index (χ0v) is 14.5. The number of nitrogens with zero attached hydrogens (tertiary/aromatic N) is 4. The maximum absolute atomic E-state index is 12.9. The molecule has 0 aliphatic carbocycles. The lowest BCUT2D eigenvalue weighted by Crippen LogP contribution is -2.39. The molecule has 7 heteroatoms. The fraction of sp³-hybridized carbons (Fsp3) is 0.263. The average Bonchev–Trinajstić information content (AvgIpc) is 3.17. The molecule has 0 radical (unpaired) electrons. The van der Waals surface area contributed by atoms with Gasteiger partial charge in [-0.05, 0) is 36.8 Å². The summed E-state index contributed by atoms with van der Waals surface area (Å²) in [5, 5.41) is 9.69. The Hall–Kier alpha value is -3.22. The van der Waals surface area contributed by atoms with Crippen LogP contribution in [0, 0.1) is 6.92 Å². The highest BCUT2D eigenvalue weighted by molar-refractivity contribution is 6.25. The molecule has 0 bridgehead atoms. The van der Waals surface area contributed by atoms with E-state index in [0.29, 0.717) is 12.2 Å². The van der Waals surface area contributed by atoms with Crippen LogP contribution in [0.3, 0.4) is 0 Å². The first-order valence-corrected chi connectivity index (χ1v) is 8.33. The number of imide groups is 1. The van der Waals surface area contributed by atoms with Crippen LogP contribution in [-0.2, 0) is 16.1 Å². The van der Waals surface area contributed by atoms with Crippen molar-refractivity contribution in [2.45, 2.75) is 25.6 Å². The summed E-state index contributed by atoms with van der Waals surface area (Å²) < 4.78 is 5.15. The first-order valence-electron chi connectivity index (χ1n) is 8.33. The van der Waals surface area contributed by atoms with E-state index in [1.165, 1.54) is 4.90 Å². The summed E-state index contributed by atoms with van der Waals surface area (Å²) in [6.07, 6.45) is 0. The second kappa shape index (κ2) is 6.25. The van der Waals surface area contributed by atoms with Crippen LogP contribution in [0.5, 0.6) is 5.75 Å². The standard InChI is InChI=1S/C19H18N4O3/c1-12-3-7-14(8-4-12)23-18(24)16-17(19(23)25)22(21-20-16)11-13-5-9-15(26-2)10-6-13/h3-10,16-17H,11H2,1-2H3/t16-,17+/m1/s1. The van der Waals surface area contributed by atoms with Crippen molar-refractivity contribution in [2.75, 3.05) is 12.0 Å². The number of carbonyl (C=O) groups is 2. The van der Waals surface area contributed by atoms with Crippen molar-refractivity contribution in [1.82, 2.24) is 5.01 Å². The van der Waals surface area contributed by atoms with Crippen molar-refractivity contribution < 1.29 is 14.3 Å². The van der Waals surface area contributed by atoms with Crippen LogP contribution in [0.2, 0.25) is 0 Å². The number of rotatable bonds is 4. The molecule has 0 saturated carbocycles. The normalized spacial score (nSPS) is 21.5. The van der Waals surface area contributed by atoms with Gasteiger partial charge in [-0.25, -0.2) is 4.90 Å². The third-order valence-electron chi connectivity index (χ3n) is 4.65. The number of hydrogen-bond acceptors (Lipinski definition) is 6. The van der Waals surface area contributed by atoms with E-state index in [0.717, 1.165) is 16.9 Å². The van der Waals surface area contributed by atoms with Gasteiger partial charge in [-0.15, -0.1) is 0 Å². The summed E-state index contributed by atoms with van der Waals surface area (Å²) in [5.74, 6) is 0.138. The smallest absolute Gasteiger partial charge is 0.263 e. The Morgan fingerprint density at radius 2 is 1.69 bits per heavy atom. The summed E-state index contributed by atoms with van der Waals surface area (Å²) in [4.78, 5) is 26.8. The Morgan fingerprint density at radius 1 is 1.00 bits per heavy atom. The summed E-state index contributed by atoms with van der Waals surface area (Å²) in [5.41, 5.74) is 2.59. The number of methoxy groups -OCH3 is 1. The summed E-state index contributed by atoms with van der Waals surface area (Å²) in [6.45, 7) is 2.35. The first kappa shape index (κ1) is 16.3. The van der Waals surface area contributed by atoms with Crippen LogP contribution >= 0.6 is 0 Å². The third kappa shape index (κ3) is 2.61. The number of hydrogen-bond donors (Lipinski definition) is 0. The van der Waals surface area contributed by atoms with E-state index in [4.69, 9.17) is 4.74 Å². The Morgan fingerprint density at radius 3 is 2.35 bits per heavy atom. The second-order valence-corrected chi connectivity index (χ2v) is 6.39. The lowest BCUT2D eigenvalue weighted by Gasteiger charge is -2.20. The Bertz CT molecular complexity index is 877. The highest BCUT2D eigenvalue weighted by Gasteiger charge is 2.54. The molecule has 26 heavy (non-hydrogen) atoms. The number of fused-ring (bicyclic) bond motifs is 1. The van der Waals surface area contributed by atoms with Crippen LogP contribution < -0.4 is 9.64 Å². The predicted molar refractivity (Wildman–Crippen MR) is 94.6 cm³/mol.